The second-order valence-electron chi connectivity index (χ2n) is 8.27. The van der Waals surface area contributed by atoms with Gasteiger partial charge in [-0.05, 0) is 42.7 Å². The average Bonchev–Trinajstić information content (AvgIpc) is 3.09. The Kier molecular flexibility index (Phi) is 6.60. The van der Waals surface area contributed by atoms with Gasteiger partial charge in [-0.2, -0.15) is 8.78 Å². The van der Waals surface area contributed by atoms with E-state index < -0.39 is 35.8 Å². The summed E-state index contributed by atoms with van der Waals surface area (Å²) in [6.45, 7) is 1.38. The fraction of sp³-hybridized carbons (Fsp3) is 0.375. The number of nitrogens with one attached hydrogen (secondary N) is 2. The quantitative estimate of drug-likeness (QED) is 0.574. The number of amides is 3. The molecule has 0 aliphatic carbocycles. The summed E-state index contributed by atoms with van der Waals surface area (Å²) in [6, 6.07) is 7.25. The van der Waals surface area contributed by atoms with Crippen molar-refractivity contribution < 1.29 is 32.3 Å². The van der Waals surface area contributed by atoms with Crippen molar-refractivity contribution in [2.75, 3.05) is 13.2 Å². The zero-order chi connectivity index (χ0) is 24.5. The van der Waals surface area contributed by atoms with E-state index in [1.54, 1.807) is 25.1 Å². The lowest BCUT2D eigenvalue weighted by molar-refractivity contribution is -0.136. The van der Waals surface area contributed by atoms with Crippen LogP contribution in [-0.4, -0.2) is 41.8 Å². The number of carbonyl (C=O) groups is 3. The second-order valence-corrected chi connectivity index (χ2v) is 8.27. The molecule has 0 spiro atoms. The first-order valence-electron chi connectivity index (χ1n) is 11.0. The summed E-state index contributed by atoms with van der Waals surface area (Å²) in [5, 5.41) is 4.97. The van der Waals surface area contributed by atoms with Crippen LogP contribution < -0.4 is 15.4 Å². The van der Waals surface area contributed by atoms with Gasteiger partial charge < -0.3 is 15.0 Å². The second kappa shape index (κ2) is 9.46. The Morgan fingerprint density at radius 2 is 1.97 bits per heavy atom. The molecule has 1 fully saturated rings. The first kappa shape index (κ1) is 23.7. The molecule has 2 aromatic carbocycles. The molecule has 1 saturated heterocycles. The Bertz CT molecular complexity index is 1140. The third kappa shape index (κ3) is 4.77. The van der Waals surface area contributed by atoms with Crippen LogP contribution in [0.2, 0.25) is 0 Å². The van der Waals surface area contributed by atoms with Crippen molar-refractivity contribution in [2.24, 2.45) is 0 Å². The van der Waals surface area contributed by atoms with Crippen LogP contribution in [0.15, 0.2) is 36.4 Å². The minimum absolute atomic E-state index is 0.112. The SMILES string of the molecule is CCOc1cc(F)ccc1C(F)(F)CNCc1ccc2c(c1)CN(C1CCC(=O)NC1=O)C2=O. The lowest BCUT2D eigenvalue weighted by Crippen LogP contribution is -2.52. The molecule has 1 atom stereocenters. The molecule has 0 saturated carbocycles. The molecule has 34 heavy (non-hydrogen) atoms. The number of fused-ring (bicyclic) bond motifs is 1. The number of alkyl halides is 2. The number of benzene rings is 2. The zero-order valence-electron chi connectivity index (χ0n) is 18.5. The van der Waals surface area contributed by atoms with Crippen LogP contribution in [0.3, 0.4) is 0 Å². The molecule has 4 rings (SSSR count). The summed E-state index contributed by atoms with van der Waals surface area (Å²) in [6.07, 6.45) is 0.431. The summed E-state index contributed by atoms with van der Waals surface area (Å²) < 4.78 is 48.2. The highest BCUT2D eigenvalue weighted by molar-refractivity contribution is 6.05. The van der Waals surface area contributed by atoms with Gasteiger partial charge in [-0.25, -0.2) is 4.39 Å². The average molecular weight is 475 g/mol. The van der Waals surface area contributed by atoms with E-state index in [2.05, 4.69) is 10.6 Å². The molecular formula is C24H24F3N3O4. The minimum Gasteiger partial charge on any atom is -0.493 e. The van der Waals surface area contributed by atoms with E-state index in [0.717, 1.165) is 18.2 Å². The number of hydrogen-bond donors (Lipinski definition) is 2. The number of rotatable bonds is 8. The van der Waals surface area contributed by atoms with Crippen molar-refractivity contribution in [3.63, 3.8) is 0 Å². The van der Waals surface area contributed by atoms with Gasteiger partial charge in [0.1, 0.15) is 17.6 Å². The summed E-state index contributed by atoms with van der Waals surface area (Å²) in [5.74, 6) is -5.30. The normalized spacial score (nSPS) is 18.2. The van der Waals surface area contributed by atoms with Gasteiger partial charge in [0.05, 0.1) is 18.7 Å². The van der Waals surface area contributed by atoms with Crippen LogP contribution in [0.1, 0.15) is 46.8 Å². The monoisotopic (exact) mass is 475 g/mol. The van der Waals surface area contributed by atoms with Crippen molar-refractivity contribution in [1.29, 1.82) is 0 Å². The molecule has 10 heteroatoms. The number of carbonyl (C=O) groups excluding carboxylic acids is 3. The van der Waals surface area contributed by atoms with Gasteiger partial charge in [0.25, 0.3) is 11.8 Å². The van der Waals surface area contributed by atoms with Crippen LogP contribution >= 0.6 is 0 Å². The lowest BCUT2D eigenvalue weighted by Gasteiger charge is -2.29. The first-order valence-corrected chi connectivity index (χ1v) is 11.0. The Balaban J connectivity index is 1.40. The van der Waals surface area contributed by atoms with Gasteiger partial charge in [0, 0.05) is 31.1 Å². The maximum atomic E-state index is 14.8. The Morgan fingerprint density at radius 3 is 2.71 bits per heavy atom. The molecule has 1 unspecified atom stereocenters. The molecule has 2 aliphatic heterocycles. The molecule has 0 aromatic heterocycles. The van der Waals surface area contributed by atoms with Crippen molar-refractivity contribution in [3.05, 3.63) is 64.5 Å². The van der Waals surface area contributed by atoms with E-state index >= 15 is 0 Å². The third-order valence-corrected chi connectivity index (χ3v) is 5.90. The molecule has 2 aromatic rings. The van der Waals surface area contributed by atoms with Gasteiger partial charge in [-0.1, -0.05) is 12.1 Å². The Labute approximate surface area is 194 Å². The molecule has 0 bridgehead atoms. The smallest absolute Gasteiger partial charge is 0.288 e. The fourth-order valence-electron chi connectivity index (χ4n) is 4.27. The lowest BCUT2D eigenvalue weighted by atomic mass is 10.0. The minimum atomic E-state index is -3.30. The van der Waals surface area contributed by atoms with Crippen LogP contribution in [0.5, 0.6) is 5.75 Å². The van der Waals surface area contributed by atoms with Gasteiger partial charge in [-0.3, -0.25) is 19.7 Å². The number of hydrogen-bond acceptors (Lipinski definition) is 5. The van der Waals surface area contributed by atoms with Crippen LogP contribution in [0, 0.1) is 5.82 Å². The summed E-state index contributed by atoms with van der Waals surface area (Å²) in [7, 11) is 0. The van der Waals surface area contributed by atoms with E-state index in [9.17, 15) is 27.6 Å². The summed E-state index contributed by atoms with van der Waals surface area (Å²) >= 11 is 0. The van der Waals surface area contributed by atoms with Gasteiger partial charge in [-0.15, -0.1) is 0 Å². The van der Waals surface area contributed by atoms with Crippen LogP contribution in [-0.2, 0) is 28.6 Å². The Hall–Kier alpha value is -3.40. The number of piperidine rings is 1. The summed E-state index contributed by atoms with van der Waals surface area (Å²) in [5.41, 5.74) is 1.43. The maximum absolute atomic E-state index is 14.8. The fourth-order valence-corrected chi connectivity index (χ4v) is 4.27. The number of nitrogens with zero attached hydrogens (tertiary/aromatic N) is 1. The Morgan fingerprint density at radius 1 is 1.18 bits per heavy atom. The molecule has 2 heterocycles. The highest BCUT2D eigenvalue weighted by Gasteiger charge is 2.39. The molecule has 3 amide bonds. The van der Waals surface area contributed by atoms with Crippen molar-refractivity contribution in [2.45, 2.75) is 44.8 Å². The number of ether oxygens (including phenoxy) is 1. The predicted octanol–water partition coefficient (Wildman–Crippen LogP) is 2.87. The van der Waals surface area contributed by atoms with E-state index in [-0.39, 0.29) is 50.1 Å². The highest BCUT2D eigenvalue weighted by atomic mass is 19.3. The highest BCUT2D eigenvalue weighted by Crippen LogP contribution is 2.35. The van der Waals surface area contributed by atoms with E-state index in [0.29, 0.717) is 16.7 Å². The number of halogens is 3. The molecule has 0 radical (unpaired) electrons. The predicted molar refractivity (Wildman–Crippen MR) is 116 cm³/mol. The molecule has 180 valence electrons. The third-order valence-electron chi connectivity index (χ3n) is 5.90. The molecule has 7 nitrogen and oxygen atoms in total. The molecule has 2 aliphatic rings. The standard InChI is InChI=1S/C24H24F3N3O4/c1-2-34-20-10-16(25)4-6-18(20)24(26,27)13-28-11-14-3-5-17-15(9-14)12-30(23(17)33)19-7-8-21(31)29-22(19)32/h3-6,9-10,19,28H,2,7-8,11-13H2,1H3,(H,29,31,32). The van der Waals surface area contributed by atoms with Gasteiger partial charge >= 0.3 is 0 Å². The van der Waals surface area contributed by atoms with Crippen molar-refractivity contribution >= 4 is 17.7 Å². The largest absolute Gasteiger partial charge is 0.493 e. The van der Waals surface area contributed by atoms with E-state index in [1.807, 2.05) is 0 Å². The van der Waals surface area contributed by atoms with Crippen LogP contribution in [0.4, 0.5) is 13.2 Å². The van der Waals surface area contributed by atoms with E-state index in [4.69, 9.17) is 4.74 Å². The molecule has 2 N–H and O–H groups in total. The van der Waals surface area contributed by atoms with Crippen LogP contribution in [0.25, 0.3) is 0 Å². The zero-order valence-corrected chi connectivity index (χ0v) is 18.5. The maximum Gasteiger partial charge on any atom is 0.288 e. The topological polar surface area (TPSA) is 87.7 Å². The van der Waals surface area contributed by atoms with Gasteiger partial charge in [0.15, 0.2) is 0 Å². The van der Waals surface area contributed by atoms with Crippen molar-refractivity contribution in [1.82, 2.24) is 15.5 Å². The van der Waals surface area contributed by atoms with E-state index in [1.165, 1.54) is 4.90 Å². The number of imide groups is 1. The first-order chi connectivity index (χ1) is 16.2. The van der Waals surface area contributed by atoms with Gasteiger partial charge in [0.2, 0.25) is 11.8 Å². The van der Waals surface area contributed by atoms with Crippen molar-refractivity contribution in [3.8, 4) is 5.75 Å². The summed E-state index contributed by atoms with van der Waals surface area (Å²) in [4.78, 5) is 37.7. The molecular weight excluding hydrogens is 451 g/mol.